The van der Waals surface area contributed by atoms with Crippen molar-refractivity contribution in [1.29, 1.82) is 0 Å². The maximum absolute atomic E-state index is 12.2. The lowest BCUT2D eigenvalue weighted by Crippen LogP contribution is -2.49. The standard InChI is InChI=1S/C22H29N5O6/c1-4-13-32-18-7-6-17(27(30)31)15-19(18)33-14-5-8-25-9-11-26(12-10-25)20-16-21(28)24(3)22(29)23(20)2/h4,6-7,15-16H,1,5,8-14H2,2-3H3. The first kappa shape index (κ1) is 24.1. The van der Waals surface area contributed by atoms with E-state index in [1.807, 2.05) is 4.90 Å². The van der Waals surface area contributed by atoms with Gasteiger partial charge in [0.1, 0.15) is 12.4 Å². The van der Waals surface area contributed by atoms with Crippen LogP contribution in [0.3, 0.4) is 0 Å². The summed E-state index contributed by atoms with van der Waals surface area (Å²) in [7, 11) is 3.14. The quantitative estimate of drug-likeness (QED) is 0.225. The molecule has 0 N–H and O–H groups in total. The maximum Gasteiger partial charge on any atom is 0.332 e. The molecule has 0 amide bonds. The molecular weight excluding hydrogens is 430 g/mol. The van der Waals surface area contributed by atoms with E-state index in [1.165, 1.54) is 35.9 Å². The number of ether oxygens (including phenoxy) is 2. The number of piperazine rings is 1. The van der Waals surface area contributed by atoms with Crippen molar-refractivity contribution >= 4 is 11.5 Å². The minimum Gasteiger partial charge on any atom is -0.489 e. The molecule has 3 rings (SSSR count). The van der Waals surface area contributed by atoms with Crippen molar-refractivity contribution in [2.24, 2.45) is 14.1 Å². The first-order chi connectivity index (χ1) is 15.8. The van der Waals surface area contributed by atoms with Crippen molar-refractivity contribution in [3.8, 4) is 11.5 Å². The first-order valence-electron chi connectivity index (χ1n) is 10.7. The van der Waals surface area contributed by atoms with E-state index < -0.39 is 4.92 Å². The highest BCUT2D eigenvalue weighted by molar-refractivity contribution is 5.48. The molecule has 1 fully saturated rings. The highest BCUT2D eigenvalue weighted by Gasteiger charge is 2.20. The molecule has 0 atom stereocenters. The van der Waals surface area contributed by atoms with E-state index in [0.29, 0.717) is 37.0 Å². The molecule has 0 bridgehead atoms. The summed E-state index contributed by atoms with van der Waals surface area (Å²) in [4.78, 5) is 39.1. The second-order valence-corrected chi connectivity index (χ2v) is 7.76. The first-order valence-corrected chi connectivity index (χ1v) is 10.7. The summed E-state index contributed by atoms with van der Waals surface area (Å²) >= 11 is 0. The van der Waals surface area contributed by atoms with Gasteiger partial charge in [-0.1, -0.05) is 12.7 Å². The summed E-state index contributed by atoms with van der Waals surface area (Å²) in [5.74, 6) is 1.40. The molecule has 178 valence electrons. The molecule has 0 radical (unpaired) electrons. The van der Waals surface area contributed by atoms with Crippen molar-refractivity contribution < 1.29 is 14.4 Å². The Bertz CT molecular complexity index is 1120. The van der Waals surface area contributed by atoms with E-state index in [2.05, 4.69) is 11.5 Å². The Morgan fingerprint density at radius 2 is 1.79 bits per heavy atom. The molecule has 0 aliphatic carbocycles. The fourth-order valence-corrected chi connectivity index (χ4v) is 3.69. The van der Waals surface area contributed by atoms with E-state index in [4.69, 9.17) is 9.47 Å². The summed E-state index contributed by atoms with van der Waals surface area (Å²) in [5.41, 5.74) is -0.711. The zero-order valence-electron chi connectivity index (χ0n) is 18.9. The average molecular weight is 460 g/mol. The lowest BCUT2D eigenvalue weighted by molar-refractivity contribution is -0.385. The van der Waals surface area contributed by atoms with E-state index in [0.717, 1.165) is 30.6 Å². The predicted octanol–water partition coefficient (Wildman–Crippen LogP) is 1.15. The number of anilines is 1. The zero-order chi connectivity index (χ0) is 24.0. The number of nitro benzene ring substituents is 1. The monoisotopic (exact) mass is 459 g/mol. The number of hydrogen-bond acceptors (Lipinski definition) is 8. The van der Waals surface area contributed by atoms with Gasteiger partial charge in [0.05, 0.1) is 17.6 Å². The van der Waals surface area contributed by atoms with Crippen LogP contribution in [0.5, 0.6) is 11.5 Å². The lowest BCUT2D eigenvalue weighted by Gasteiger charge is -2.36. The van der Waals surface area contributed by atoms with E-state index in [1.54, 1.807) is 13.1 Å². The van der Waals surface area contributed by atoms with Crippen LogP contribution in [0.15, 0.2) is 46.5 Å². The van der Waals surface area contributed by atoms with Gasteiger partial charge in [-0.2, -0.15) is 0 Å². The van der Waals surface area contributed by atoms with Crippen LogP contribution in [0.4, 0.5) is 11.5 Å². The zero-order valence-corrected chi connectivity index (χ0v) is 18.9. The van der Waals surface area contributed by atoms with Gasteiger partial charge in [0.25, 0.3) is 11.2 Å². The third-order valence-electron chi connectivity index (χ3n) is 5.57. The molecule has 0 unspecified atom stereocenters. The molecule has 2 aromatic rings. The largest absolute Gasteiger partial charge is 0.489 e. The summed E-state index contributed by atoms with van der Waals surface area (Å²) in [6, 6.07) is 5.77. The SMILES string of the molecule is C=CCOc1ccc([N+](=O)[O-])cc1OCCCN1CCN(c2cc(=O)n(C)c(=O)n2C)CC1. The lowest BCUT2D eigenvalue weighted by atomic mass is 10.2. The molecule has 1 saturated heterocycles. The molecule has 2 heterocycles. The van der Waals surface area contributed by atoms with Crippen molar-refractivity contribution in [3.05, 3.63) is 67.9 Å². The summed E-state index contributed by atoms with van der Waals surface area (Å²) in [6.45, 7) is 8.03. The molecule has 11 heteroatoms. The van der Waals surface area contributed by atoms with Crippen molar-refractivity contribution in [2.45, 2.75) is 6.42 Å². The summed E-state index contributed by atoms with van der Waals surface area (Å²) in [6.07, 6.45) is 2.32. The number of nitrogens with zero attached hydrogens (tertiary/aromatic N) is 5. The van der Waals surface area contributed by atoms with Gasteiger partial charge in [-0.3, -0.25) is 28.9 Å². The third kappa shape index (κ3) is 5.80. The Labute approximate surface area is 191 Å². The Hall–Kier alpha value is -3.60. The molecule has 0 spiro atoms. The fourth-order valence-electron chi connectivity index (χ4n) is 3.69. The molecule has 1 aromatic heterocycles. The van der Waals surface area contributed by atoms with Crippen LogP contribution in [0.25, 0.3) is 0 Å². The summed E-state index contributed by atoms with van der Waals surface area (Å²) in [5, 5.41) is 11.1. The highest BCUT2D eigenvalue weighted by Crippen LogP contribution is 2.31. The molecule has 1 aliphatic heterocycles. The second kappa shape index (κ2) is 10.8. The Kier molecular flexibility index (Phi) is 7.88. The molecule has 1 aromatic carbocycles. The molecule has 1 aliphatic rings. The topological polar surface area (TPSA) is 112 Å². The second-order valence-electron chi connectivity index (χ2n) is 7.76. The maximum atomic E-state index is 12.2. The van der Waals surface area contributed by atoms with Gasteiger partial charge in [0, 0.05) is 59.0 Å². The van der Waals surface area contributed by atoms with Crippen LogP contribution in [-0.4, -0.2) is 64.9 Å². The van der Waals surface area contributed by atoms with Gasteiger partial charge in [-0.25, -0.2) is 4.79 Å². The number of hydrogen-bond donors (Lipinski definition) is 0. The minimum absolute atomic E-state index is 0.0581. The van der Waals surface area contributed by atoms with Crippen LogP contribution >= 0.6 is 0 Å². The van der Waals surface area contributed by atoms with Gasteiger partial charge >= 0.3 is 5.69 Å². The molecular formula is C22H29N5O6. The van der Waals surface area contributed by atoms with Crippen molar-refractivity contribution in [3.63, 3.8) is 0 Å². The van der Waals surface area contributed by atoms with Crippen LogP contribution in [-0.2, 0) is 14.1 Å². The van der Waals surface area contributed by atoms with Crippen LogP contribution in [0.2, 0.25) is 0 Å². The van der Waals surface area contributed by atoms with Gasteiger partial charge in [-0.15, -0.1) is 0 Å². The number of rotatable bonds is 10. The van der Waals surface area contributed by atoms with Crippen LogP contribution in [0, 0.1) is 10.1 Å². The van der Waals surface area contributed by atoms with Crippen LogP contribution < -0.4 is 25.6 Å². The molecule has 33 heavy (non-hydrogen) atoms. The third-order valence-corrected chi connectivity index (χ3v) is 5.57. The normalized spacial score (nSPS) is 14.2. The predicted molar refractivity (Wildman–Crippen MR) is 124 cm³/mol. The van der Waals surface area contributed by atoms with Crippen LogP contribution in [0.1, 0.15) is 6.42 Å². The van der Waals surface area contributed by atoms with Gasteiger partial charge in [0.15, 0.2) is 11.5 Å². The van der Waals surface area contributed by atoms with E-state index in [9.17, 15) is 19.7 Å². The fraction of sp³-hybridized carbons (Fsp3) is 0.455. The number of non-ortho nitro benzene ring substituents is 1. The molecule has 11 nitrogen and oxygen atoms in total. The highest BCUT2D eigenvalue weighted by atomic mass is 16.6. The average Bonchev–Trinajstić information content (AvgIpc) is 2.82. The Morgan fingerprint density at radius 3 is 2.45 bits per heavy atom. The Morgan fingerprint density at radius 1 is 1.06 bits per heavy atom. The van der Waals surface area contributed by atoms with Crippen molar-refractivity contribution in [2.75, 3.05) is 50.8 Å². The van der Waals surface area contributed by atoms with Gasteiger partial charge in [-0.05, 0) is 12.5 Å². The van der Waals surface area contributed by atoms with Gasteiger partial charge < -0.3 is 14.4 Å². The summed E-state index contributed by atoms with van der Waals surface area (Å²) < 4.78 is 13.9. The number of benzene rings is 1. The van der Waals surface area contributed by atoms with E-state index in [-0.39, 0.29) is 23.5 Å². The van der Waals surface area contributed by atoms with E-state index >= 15 is 0 Å². The molecule has 0 saturated carbocycles. The van der Waals surface area contributed by atoms with Gasteiger partial charge in [0.2, 0.25) is 0 Å². The van der Waals surface area contributed by atoms with Crippen molar-refractivity contribution in [1.82, 2.24) is 14.0 Å². The number of aromatic nitrogens is 2. The number of nitro groups is 1. The minimum atomic E-state index is -0.470. The Balaban J connectivity index is 1.51. The smallest absolute Gasteiger partial charge is 0.332 e.